The predicted octanol–water partition coefficient (Wildman–Crippen LogP) is 1.69. The lowest BCUT2D eigenvalue weighted by atomic mass is 10.3. The second kappa shape index (κ2) is 3.90. The summed E-state index contributed by atoms with van der Waals surface area (Å²) < 4.78 is 0. The van der Waals surface area contributed by atoms with Crippen LogP contribution in [0, 0.1) is 6.54 Å². The zero-order chi connectivity index (χ0) is 7.23. The average molecular weight is 135 g/mol. The van der Waals surface area contributed by atoms with E-state index in [0.717, 1.165) is 5.69 Å². The molecule has 2 nitrogen and oxygen atoms in total. The largest absolute Gasteiger partial charge is 0.378 e. The van der Waals surface area contributed by atoms with Gasteiger partial charge in [0.05, 0.1) is 6.54 Å². The molecule has 1 aromatic rings. The van der Waals surface area contributed by atoms with Gasteiger partial charge >= 0.3 is 0 Å². The summed E-state index contributed by atoms with van der Waals surface area (Å²) in [5, 5.41) is 12.8. The molecule has 0 amide bonds. The first-order chi connectivity index (χ1) is 4.93. The van der Waals surface area contributed by atoms with Crippen LogP contribution in [0.5, 0.6) is 0 Å². The van der Waals surface area contributed by atoms with Gasteiger partial charge in [-0.2, -0.15) is 0 Å². The molecule has 0 saturated heterocycles. The minimum absolute atomic E-state index is 0.200. The molecule has 0 bridgehead atoms. The Morgan fingerprint density at radius 3 is 2.60 bits per heavy atom. The first-order valence-corrected chi connectivity index (χ1v) is 3.15. The summed E-state index contributed by atoms with van der Waals surface area (Å²) in [7, 11) is 0. The highest BCUT2D eigenvalue weighted by molar-refractivity contribution is 5.43. The van der Waals surface area contributed by atoms with E-state index in [2.05, 4.69) is 5.32 Å². The molecule has 1 N–H and O–H groups in total. The van der Waals surface area contributed by atoms with Crippen molar-refractivity contribution < 1.29 is 5.11 Å². The fourth-order valence-electron chi connectivity index (χ4n) is 0.694. The van der Waals surface area contributed by atoms with Crippen LogP contribution < -0.4 is 5.32 Å². The van der Waals surface area contributed by atoms with E-state index in [0.29, 0.717) is 0 Å². The van der Waals surface area contributed by atoms with E-state index in [1.807, 2.05) is 30.3 Å². The molecule has 0 aliphatic heterocycles. The molecule has 2 radical (unpaired) electrons. The standard InChI is InChI=1S/C8H9NO/c10-7-6-9-8-4-2-1-3-5-8/h1-6,9H,7H2. The number of hydrogen-bond acceptors (Lipinski definition) is 1. The molecule has 0 aliphatic carbocycles. The molecule has 10 heavy (non-hydrogen) atoms. The first kappa shape index (κ1) is 7.09. The number of nitrogens with one attached hydrogen (secondary N) is 1. The van der Waals surface area contributed by atoms with E-state index in [1.54, 1.807) is 0 Å². The molecule has 52 valence electrons. The first-order valence-electron chi connectivity index (χ1n) is 3.15. The van der Waals surface area contributed by atoms with Gasteiger partial charge in [-0.15, -0.1) is 0 Å². The van der Waals surface area contributed by atoms with Crippen molar-refractivity contribution >= 4 is 5.69 Å². The van der Waals surface area contributed by atoms with Crippen molar-refractivity contribution in [1.82, 2.24) is 0 Å². The van der Waals surface area contributed by atoms with Gasteiger partial charge in [0.25, 0.3) is 0 Å². The van der Waals surface area contributed by atoms with Gasteiger partial charge in [0.2, 0.25) is 0 Å². The van der Waals surface area contributed by atoms with Gasteiger partial charge < -0.3 is 5.32 Å². The number of rotatable bonds is 3. The van der Waals surface area contributed by atoms with Gasteiger partial charge in [0.1, 0.15) is 6.61 Å². The molecule has 0 heterocycles. The van der Waals surface area contributed by atoms with Crippen LogP contribution in [0.15, 0.2) is 30.3 Å². The van der Waals surface area contributed by atoms with Gasteiger partial charge in [-0.05, 0) is 12.1 Å². The summed E-state index contributed by atoms with van der Waals surface area (Å²) in [6, 6.07) is 9.59. The van der Waals surface area contributed by atoms with Crippen molar-refractivity contribution in [1.29, 1.82) is 0 Å². The lowest BCUT2D eigenvalue weighted by molar-refractivity contribution is 0.222. The minimum Gasteiger partial charge on any atom is -0.378 e. The maximum absolute atomic E-state index is 9.99. The summed E-state index contributed by atoms with van der Waals surface area (Å²) in [5.74, 6) is 0. The Balaban J connectivity index is 2.43. The molecular weight excluding hydrogens is 126 g/mol. The quantitative estimate of drug-likeness (QED) is 0.672. The van der Waals surface area contributed by atoms with Crippen molar-refractivity contribution in [3.63, 3.8) is 0 Å². The second-order valence-electron chi connectivity index (χ2n) is 1.88. The monoisotopic (exact) mass is 135 g/mol. The van der Waals surface area contributed by atoms with Crippen LogP contribution in [0.2, 0.25) is 0 Å². The Hall–Kier alpha value is -1.02. The third-order valence-corrected chi connectivity index (χ3v) is 1.13. The second-order valence-corrected chi connectivity index (χ2v) is 1.88. The summed E-state index contributed by atoms with van der Waals surface area (Å²) in [5.41, 5.74) is 0.957. The third kappa shape index (κ3) is 2.07. The van der Waals surface area contributed by atoms with Gasteiger partial charge in [-0.25, -0.2) is 5.11 Å². The van der Waals surface area contributed by atoms with Crippen molar-refractivity contribution in [3.8, 4) is 0 Å². The fraction of sp³-hybridized carbons (Fsp3) is 0.125. The van der Waals surface area contributed by atoms with Gasteiger partial charge in [0, 0.05) is 5.69 Å². The summed E-state index contributed by atoms with van der Waals surface area (Å²) >= 11 is 0. The summed E-state index contributed by atoms with van der Waals surface area (Å²) in [6.07, 6.45) is 0. The lowest BCUT2D eigenvalue weighted by Crippen LogP contribution is -1.96. The zero-order valence-electron chi connectivity index (χ0n) is 5.58. The Kier molecular flexibility index (Phi) is 2.77. The summed E-state index contributed by atoms with van der Waals surface area (Å²) in [4.78, 5) is 0. The van der Waals surface area contributed by atoms with E-state index in [9.17, 15) is 5.11 Å². The molecule has 0 unspecified atom stereocenters. The Morgan fingerprint density at radius 2 is 2.00 bits per heavy atom. The highest BCUT2D eigenvalue weighted by atomic mass is 16.3. The van der Waals surface area contributed by atoms with E-state index in [1.165, 1.54) is 6.54 Å². The van der Waals surface area contributed by atoms with Crippen LogP contribution in [0.1, 0.15) is 0 Å². The van der Waals surface area contributed by atoms with Crippen molar-refractivity contribution in [2.24, 2.45) is 0 Å². The maximum Gasteiger partial charge on any atom is 0.104 e. The van der Waals surface area contributed by atoms with E-state index in [-0.39, 0.29) is 6.61 Å². The average Bonchev–Trinajstić information content (AvgIpc) is 2.03. The Labute approximate surface area is 60.5 Å². The van der Waals surface area contributed by atoms with Crippen LogP contribution in [0.3, 0.4) is 0 Å². The van der Waals surface area contributed by atoms with Gasteiger partial charge in [-0.1, -0.05) is 18.2 Å². The van der Waals surface area contributed by atoms with Gasteiger partial charge in [-0.3, -0.25) is 0 Å². The van der Waals surface area contributed by atoms with E-state index in [4.69, 9.17) is 0 Å². The van der Waals surface area contributed by atoms with E-state index < -0.39 is 0 Å². The maximum atomic E-state index is 9.99. The SMILES string of the molecule is [O]C[CH]Nc1ccccc1. The molecule has 0 aromatic heterocycles. The van der Waals surface area contributed by atoms with Crippen LogP contribution in [0.4, 0.5) is 5.69 Å². The highest BCUT2D eigenvalue weighted by Crippen LogP contribution is 2.04. The van der Waals surface area contributed by atoms with Crippen molar-refractivity contribution in [2.45, 2.75) is 0 Å². The van der Waals surface area contributed by atoms with Gasteiger partial charge in [0.15, 0.2) is 0 Å². The van der Waals surface area contributed by atoms with E-state index >= 15 is 0 Å². The predicted molar refractivity (Wildman–Crippen MR) is 39.9 cm³/mol. The number of para-hydroxylation sites is 1. The van der Waals surface area contributed by atoms with Crippen LogP contribution in [-0.4, -0.2) is 6.61 Å². The molecule has 2 heteroatoms. The molecule has 0 aliphatic rings. The highest BCUT2D eigenvalue weighted by Gasteiger charge is 1.86. The minimum atomic E-state index is -0.200. The lowest BCUT2D eigenvalue weighted by Gasteiger charge is -2.00. The Morgan fingerprint density at radius 1 is 1.30 bits per heavy atom. The van der Waals surface area contributed by atoms with Crippen LogP contribution >= 0.6 is 0 Å². The fourth-order valence-corrected chi connectivity index (χ4v) is 0.694. The molecule has 0 atom stereocenters. The molecule has 0 spiro atoms. The molecular formula is C8H9NO. The smallest absolute Gasteiger partial charge is 0.104 e. The molecule has 0 saturated carbocycles. The number of anilines is 1. The van der Waals surface area contributed by atoms with Crippen molar-refractivity contribution in [3.05, 3.63) is 36.9 Å². The topological polar surface area (TPSA) is 31.9 Å². The third-order valence-electron chi connectivity index (χ3n) is 1.13. The number of hydrogen-bond donors (Lipinski definition) is 1. The summed E-state index contributed by atoms with van der Waals surface area (Å²) in [6.45, 7) is 1.28. The number of benzene rings is 1. The van der Waals surface area contributed by atoms with Crippen LogP contribution in [-0.2, 0) is 5.11 Å². The zero-order valence-corrected chi connectivity index (χ0v) is 5.58. The molecule has 1 rings (SSSR count). The molecule has 1 aromatic carbocycles. The van der Waals surface area contributed by atoms with Crippen LogP contribution in [0.25, 0.3) is 0 Å². The van der Waals surface area contributed by atoms with Crippen molar-refractivity contribution in [2.75, 3.05) is 11.9 Å². The Bertz CT molecular complexity index is 174. The molecule has 0 fully saturated rings. The normalized spacial score (nSPS) is 9.30.